The molecule has 0 saturated carbocycles. The van der Waals surface area contributed by atoms with Crippen molar-refractivity contribution in [3.8, 4) is 11.5 Å². The molecule has 1 amide bonds. The van der Waals surface area contributed by atoms with Crippen LogP contribution < -0.4 is 14.8 Å². The van der Waals surface area contributed by atoms with Crippen LogP contribution in [0.4, 0.5) is 10.1 Å². The van der Waals surface area contributed by atoms with E-state index in [-0.39, 0.29) is 30.6 Å². The fraction of sp³-hybridized carbons (Fsp3) is 0.222. The number of carbonyl (C=O) groups is 2. The monoisotopic (exact) mass is 381 g/mol. The Labute approximate surface area is 154 Å². The molecule has 0 aliphatic carbocycles. The van der Waals surface area contributed by atoms with Crippen molar-refractivity contribution in [1.82, 2.24) is 0 Å². The third-order valence-electron chi connectivity index (χ3n) is 3.20. The fourth-order valence-corrected chi connectivity index (χ4v) is 2.13. The molecule has 26 heavy (non-hydrogen) atoms. The van der Waals surface area contributed by atoms with Crippen molar-refractivity contribution in [3.63, 3.8) is 0 Å². The van der Waals surface area contributed by atoms with E-state index in [1.807, 2.05) is 0 Å². The third kappa shape index (κ3) is 6.25. The van der Waals surface area contributed by atoms with Crippen molar-refractivity contribution in [3.05, 3.63) is 53.3 Å². The first-order valence-corrected chi connectivity index (χ1v) is 8.03. The quantitative estimate of drug-likeness (QED) is 0.709. The van der Waals surface area contributed by atoms with Crippen molar-refractivity contribution in [2.24, 2.45) is 0 Å². The molecule has 0 spiro atoms. The van der Waals surface area contributed by atoms with E-state index in [1.54, 1.807) is 24.3 Å². The summed E-state index contributed by atoms with van der Waals surface area (Å²) in [6.07, 6.45) is 0.0916. The van der Waals surface area contributed by atoms with E-state index in [2.05, 4.69) is 10.1 Å². The maximum absolute atomic E-state index is 12.9. The molecule has 0 unspecified atom stereocenters. The van der Waals surface area contributed by atoms with E-state index in [0.29, 0.717) is 17.2 Å². The normalized spacial score (nSPS) is 10.1. The smallest absolute Gasteiger partial charge is 0.343 e. The van der Waals surface area contributed by atoms with Gasteiger partial charge in [-0.2, -0.15) is 0 Å². The Morgan fingerprint density at radius 2 is 1.85 bits per heavy atom. The molecule has 0 fully saturated rings. The molecule has 0 atom stereocenters. The Morgan fingerprint density at radius 1 is 1.12 bits per heavy atom. The number of hydrogen-bond acceptors (Lipinski definition) is 5. The molecule has 0 aromatic heterocycles. The second kappa shape index (κ2) is 9.62. The lowest BCUT2D eigenvalue weighted by atomic mass is 10.3. The topological polar surface area (TPSA) is 73.9 Å². The van der Waals surface area contributed by atoms with E-state index in [9.17, 15) is 14.0 Å². The van der Waals surface area contributed by atoms with Gasteiger partial charge in [0.1, 0.15) is 17.3 Å². The first-order valence-electron chi connectivity index (χ1n) is 7.65. The maximum Gasteiger partial charge on any atom is 0.343 e. The zero-order valence-corrected chi connectivity index (χ0v) is 14.7. The molecule has 1 N–H and O–H groups in total. The van der Waals surface area contributed by atoms with Crippen LogP contribution in [-0.2, 0) is 14.3 Å². The lowest BCUT2D eigenvalue weighted by molar-refractivity contribution is -0.142. The minimum Gasteiger partial charge on any atom is -0.491 e. The molecular weight excluding hydrogens is 365 g/mol. The van der Waals surface area contributed by atoms with Crippen molar-refractivity contribution >= 4 is 29.2 Å². The van der Waals surface area contributed by atoms with Gasteiger partial charge in [-0.3, -0.25) is 4.79 Å². The van der Waals surface area contributed by atoms with Crippen LogP contribution in [0.1, 0.15) is 6.42 Å². The number of methoxy groups -OCH3 is 1. The van der Waals surface area contributed by atoms with E-state index >= 15 is 0 Å². The highest BCUT2D eigenvalue weighted by Crippen LogP contribution is 2.25. The number of esters is 1. The molecule has 2 rings (SSSR count). The van der Waals surface area contributed by atoms with Crippen LogP contribution in [-0.4, -0.2) is 32.2 Å². The van der Waals surface area contributed by atoms with Crippen LogP contribution in [0, 0.1) is 5.82 Å². The average molecular weight is 382 g/mol. The number of halogens is 2. The summed E-state index contributed by atoms with van der Waals surface area (Å²) in [5.41, 5.74) is 0.570. The predicted molar refractivity (Wildman–Crippen MR) is 94.1 cm³/mol. The van der Waals surface area contributed by atoms with Gasteiger partial charge in [-0.05, 0) is 42.5 Å². The molecule has 0 heterocycles. The first-order chi connectivity index (χ1) is 12.5. The summed E-state index contributed by atoms with van der Waals surface area (Å²) in [5, 5.41) is 2.84. The van der Waals surface area contributed by atoms with Crippen molar-refractivity contribution in [1.29, 1.82) is 0 Å². The maximum atomic E-state index is 12.9. The Balaban J connectivity index is 1.76. The molecule has 0 aliphatic heterocycles. The van der Waals surface area contributed by atoms with Crippen LogP contribution in [0.5, 0.6) is 11.5 Å². The summed E-state index contributed by atoms with van der Waals surface area (Å²) in [5.74, 6) is -0.412. The van der Waals surface area contributed by atoms with E-state index in [4.69, 9.17) is 21.1 Å². The molecule has 0 aliphatic rings. The average Bonchev–Trinajstić information content (AvgIpc) is 2.62. The van der Waals surface area contributed by atoms with Gasteiger partial charge in [0.2, 0.25) is 5.91 Å². The number of nitrogens with one attached hydrogen (secondary N) is 1. The van der Waals surface area contributed by atoms with Gasteiger partial charge in [-0.15, -0.1) is 0 Å². The number of benzene rings is 2. The molecular formula is C18H17ClFNO5. The largest absolute Gasteiger partial charge is 0.491 e. The lowest BCUT2D eigenvalue weighted by Crippen LogP contribution is -2.15. The lowest BCUT2D eigenvalue weighted by Gasteiger charge is -2.09. The summed E-state index contributed by atoms with van der Waals surface area (Å²) in [6, 6.07) is 10.3. The van der Waals surface area contributed by atoms with E-state index in [1.165, 1.54) is 19.2 Å². The SMILES string of the molecule is COC(=O)COc1ccc(NC(=O)CCOc2ccc(F)cc2Cl)cc1. The Bertz CT molecular complexity index is 767. The minimum absolute atomic E-state index is 0.0916. The van der Waals surface area contributed by atoms with Crippen molar-refractivity contribution in [2.45, 2.75) is 6.42 Å². The number of ether oxygens (including phenoxy) is 3. The standard InChI is InChI=1S/C18H17ClFNO5/c1-24-18(23)11-26-14-5-3-13(4-6-14)21-17(22)8-9-25-16-7-2-12(20)10-15(16)19/h2-7,10H,8-9,11H2,1H3,(H,21,22). The molecule has 0 saturated heterocycles. The number of hydrogen-bond donors (Lipinski definition) is 1. The molecule has 0 radical (unpaired) electrons. The molecule has 8 heteroatoms. The zero-order chi connectivity index (χ0) is 18.9. The zero-order valence-electron chi connectivity index (χ0n) is 14.0. The third-order valence-corrected chi connectivity index (χ3v) is 3.50. The second-order valence-electron chi connectivity index (χ2n) is 5.11. The van der Waals surface area contributed by atoms with Crippen LogP contribution in [0.3, 0.4) is 0 Å². The van der Waals surface area contributed by atoms with Gasteiger partial charge in [-0.25, -0.2) is 9.18 Å². The highest BCUT2D eigenvalue weighted by molar-refractivity contribution is 6.32. The second-order valence-corrected chi connectivity index (χ2v) is 5.52. The predicted octanol–water partition coefficient (Wildman–Crippen LogP) is 3.44. The molecule has 138 valence electrons. The molecule has 2 aromatic carbocycles. The molecule has 2 aromatic rings. The van der Waals surface area contributed by atoms with Gasteiger partial charge >= 0.3 is 5.97 Å². The van der Waals surface area contributed by atoms with Crippen LogP contribution in [0.15, 0.2) is 42.5 Å². The Hall–Kier alpha value is -2.80. The summed E-state index contributed by atoms with van der Waals surface area (Å²) in [7, 11) is 1.28. The van der Waals surface area contributed by atoms with Gasteiger partial charge in [0.15, 0.2) is 6.61 Å². The number of carbonyl (C=O) groups excluding carboxylic acids is 2. The van der Waals surface area contributed by atoms with Crippen molar-refractivity contribution in [2.75, 3.05) is 25.6 Å². The highest BCUT2D eigenvalue weighted by Gasteiger charge is 2.07. The molecule has 0 bridgehead atoms. The summed E-state index contributed by atoms with van der Waals surface area (Å²) < 4.78 is 28.0. The highest BCUT2D eigenvalue weighted by atomic mass is 35.5. The number of rotatable bonds is 8. The number of amides is 1. The van der Waals surface area contributed by atoms with Crippen LogP contribution in [0.2, 0.25) is 5.02 Å². The van der Waals surface area contributed by atoms with Gasteiger partial charge < -0.3 is 19.5 Å². The van der Waals surface area contributed by atoms with E-state index < -0.39 is 11.8 Å². The first kappa shape index (κ1) is 19.5. The summed E-state index contributed by atoms with van der Waals surface area (Å²) in [6.45, 7) is -0.0942. The van der Waals surface area contributed by atoms with Crippen LogP contribution in [0.25, 0.3) is 0 Å². The molecule has 6 nitrogen and oxygen atoms in total. The summed E-state index contributed by atoms with van der Waals surface area (Å²) in [4.78, 5) is 22.9. The Morgan fingerprint density at radius 3 is 2.50 bits per heavy atom. The van der Waals surface area contributed by atoms with Gasteiger partial charge in [0, 0.05) is 5.69 Å². The van der Waals surface area contributed by atoms with Gasteiger partial charge in [-0.1, -0.05) is 11.6 Å². The van der Waals surface area contributed by atoms with E-state index in [0.717, 1.165) is 6.07 Å². The number of anilines is 1. The van der Waals surface area contributed by atoms with Gasteiger partial charge in [0.25, 0.3) is 0 Å². The van der Waals surface area contributed by atoms with Gasteiger partial charge in [0.05, 0.1) is 25.2 Å². The fourth-order valence-electron chi connectivity index (χ4n) is 1.91. The summed E-state index contributed by atoms with van der Waals surface area (Å²) >= 11 is 5.84. The van der Waals surface area contributed by atoms with Crippen LogP contribution >= 0.6 is 11.6 Å². The minimum atomic E-state index is -0.483. The van der Waals surface area contributed by atoms with Crippen molar-refractivity contribution < 1.29 is 28.2 Å². The Kier molecular flexibility index (Phi) is 7.23.